The first kappa shape index (κ1) is 20.8. The maximum absolute atomic E-state index is 12.9. The van der Waals surface area contributed by atoms with Crippen LogP contribution < -0.4 is 10.6 Å². The van der Waals surface area contributed by atoms with Crippen LogP contribution in [0.15, 0.2) is 24.3 Å². The molecule has 0 spiro atoms. The second-order valence-corrected chi connectivity index (χ2v) is 8.01. The van der Waals surface area contributed by atoms with Crippen molar-refractivity contribution in [3.8, 4) is 0 Å². The highest BCUT2D eigenvalue weighted by atomic mass is 16.5. The number of carbonyl (C=O) groups excluding carboxylic acids is 3. The number of nitrogens with one attached hydrogen (secondary N) is 2. The molecule has 0 saturated carbocycles. The Morgan fingerprint density at radius 2 is 2.00 bits per heavy atom. The predicted octanol–water partition coefficient (Wildman–Crippen LogP) is 3.00. The lowest BCUT2D eigenvalue weighted by molar-refractivity contribution is -0.123. The number of ether oxygens (including phenoxy) is 1. The highest BCUT2D eigenvalue weighted by Gasteiger charge is 2.26. The topological polar surface area (TPSA) is 97.4 Å². The van der Waals surface area contributed by atoms with Crippen LogP contribution in [-0.2, 0) is 22.4 Å². The summed E-state index contributed by atoms with van der Waals surface area (Å²) in [7, 11) is 0. The SMILES string of the molecule is CC(C)CNC(=O)NC(=O)COC(=O)c1c2c(nc3ccccc13)CCC(C)C2. The van der Waals surface area contributed by atoms with Gasteiger partial charge < -0.3 is 10.1 Å². The molecule has 1 aliphatic rings. The molecule has 2 aromatic rings. The van der Waals surface area contributed by atoms with E-state index in [9.17, 15) is 14.4 Å². The van der Waals surface area contributed by atoms with E-state index in [1.165, 1.54) is 0 Å². The number of aromatic nitrogens is 1. The number of carbonyl (C=O) groups is 3. The Kier molecular flexibility index (Phi) is 6.46. The predicted molar refractivity (Wildman–Crippen MR) is 110 cm³/mol. The summed E-state index contributed by atoms with van der Waals surface area (Å²) in [5.74, 6) is -0.515. The Morgan fingerprint density at radius 3 is 2.76 bits per heavy atom. The van der Waals surface area contributed by atoms with Gasteiger partial charge in [0, 0.05) is 17.6 Å². The maximum atomic E-state index is 12.9. The van der Waals surface area contributed by atoms with Gasteiger partial charge >= 0.3 is 12.0 Å². The van der Waals surface area contributed by atoms with Gasteiger partial charge in [-0.3, -0.25) is 15.1 Å². The van der Waals surface area contributed by atoms with Crippen molar-refractivity contribution >= 4 is 28.8 Å². The van der Waals surface area contributed by atoms with Gasteiger partial charge in [-0.2, -0.15) is 0 Å². The van der Waals surface area contributed by atoms with E-state index >= 15 is 0 Å². The van der Waals surface area contributed by atoms with Gasteiger partial charge in [0.25, 0.3) is 5.91 Å². The minimum atomic E-state index is -0.666. The molecule has 0 saturated heterocycles. The summed E-state index contributed by atoms with van der Waals surface area (Å²) in [5, 5.41) is 5.48. The van der Waals surface area contributed by atoms with E-state index in [1.807, 2.05) is 38.1 Å². The molecule has 29 heavy (non-hydrogen) atoms. The van der Waals surface area contributed by atoms with Crippen LogP contribution in [-0.4, -0.2) is 36.0 Å². The monoisotopic (exact) mass is 397 g/mol. The number of esters is 1. The molecular weight excluding hydrogens is 370 g/mol. The second kappa shape index (κ2) is 9.03. The molecule has 0 radical (unpaired) electrons. The van der Waals surface area contributed by atoms with Crippen LogP contribution in [0.25, 0.3) is 10.9 Å². The average Bonchev–Trinajstić information content (AvgIpc) is 2.68. The van der Waals surface area contributed by atoms with E-state index in [-0.39, 0.29) is 5.92 Å². The Labute approximate surface area is 170 Å². The molecule has 0 aliphatic heterocycles. The molecule has 2 N–H and O–H groups in total. The minimum absolute atomic E-state index is 0.266. The van der Waals surface area contributed by atoms with Crippen LogP contribution in [0, 0.1) is 11.8 Å². The molecule has 1 aliphatic carbocycles. The number of pyridine rings is 1. The molecule has 1 unspecified atom stereocenters. The molecular formula is C22H27N3O4. The van der Waals surface area contributed by atoms with E-state index in [2.05, 4.69) is 17.6 Å². The van der Waals surface area contributed by atoms with Crippen LogP contribution in [0.1, 0.15) is 48.8 Å². The Bertz CT molecular complexity index is 939. The molecule has 1 heterocycles. The first-order valence-electron chi connectivity index (χ1n) is 10.0. The van der Waals surface area contributed by atoms with Crippen molar-refractivity contribution < 1.29 is 19.1 Å². The number of para-hydroxylation sites is 1. The van der Waals surface area contributed by atoms with Crippen LogP contribution in [0.3, 0.4) is 0 Å². The second-order valence-electron chi connectivity index (χ2n) is 8.01. The summed E-state index contributed by atoms with van der Waals surface area (Å²) in [6.45, 7) is 5.98. The normalized spacial score (nSPS) is 15.7. The molecule has 3 amide bonds. The van der Waals surface area contributed by atoms with Crippen LogP contribution >= 0.6 is 0 Å². The van der Waals surface area contributed by atoms with E-state index in [0.29, 0.717) is 18.0 Å². The van der Waals surface area contributed by atoms with Gasteiger partial charge in [-0.05, 0) is 42.7 Å². The summed E-state index contributed by atoms with van der Waals surface area (Å²) in [4.78, 5) is 41.3. The fraction of sp³-hybridized carbons (Fsp3) is 0.455. The van der Waals surface area contributed by atoms with Crippen molar-refractivity contribution in [2.45, 2.75) is 40.0 Å². The molecule has 7 nitrogen and oxygen atoms in total. The third-order valence-electron chi connectivity index (χ3n) is 4.97. The highest BCUT2D eigenvalue weighted by molar-refractivity contribution is 6.06. The van der Waals surface area contributed by atoms with Crippen molar-refractivity contribution in [3.63, 3.8) is 0 Å². The summed E-state index contributed by atoms with van der Waals surface area (Å²) < 4.78 is 5.27. The maximum Gasteiger partial charge on any atom is 0.339 e. The van der Waals surface area contributed by atoms with Gasteiger partial charge in [-0.1, -0.05) is 39.0 Å². The first-order valence-corrected chi connectivity index (χ1v) is 10.0. The first-order chi connectivity index (χ1) is 13.8. The van der Waals surface area contributed by atoms with Crippen LogP contribution in [0.4, 0.5) is 4.79 Å². The number of benzene rings is 1. The van der Waals surface area contributed by atoms with Crippen molar-refractivity contribution in [1.82, 2.24) is 15.6 Å². The van der Waals surface area contributed by atoms with E-state index < -0.39 is 24.5 Å². The number of imide groups is 1. The largest absolute Gasteiger partial charge is 0.452 e. The molecule has 1 aromatic carbocycles. The minimum Gasteiger partial charge on any atom is -0.452 e. The lowest BCUT2D eigenvalue weighted by Gasteiger charge is -2.24. The van der Waals surface area contributed by atoms with Gasteiger partial charge in [0.1, 0.15) is 0 Å². The molecule has 3 rings (SSSR count). The number of aryl methyl sites for hydroxylation is 1. The van der Waals surface area contributed by atoms with Crippen molar-refractivity contribution in [2.75, 3.05) is 13.2 Å². The number of rotatable bonds is 5. The lowest BCUT2D eigenvalue weighted by Crippen LogP contribution is -2.42. The molecule has 7 heteroatoms. The standard InChI is InChI=1S/C22H27N3O4/c1-13(2)11-23-22(28)25-19(26)12-29-21(27)20-15-6-4-5-7-17(15)24-18-9-8-14(3)10-16(18)20/h4-7,13-14H,8-12H2,1-3H3,(H2,23,25,26,28). The fourth-order valence-corrected chi connectivity index (χ4v) is 3.50. The van der Waals surface area contributed by atoms with Crippen LogP contribution in [0.5, 0.6) is 0 Å². The third kappa shape index (κ3) is 5.10. The van der Waals surface area contributed by atoms with Gasteiger partial charge in [0.2, 0.25) is 0 Å². The van der Waals surface area contributed by atoms with E-state index in [0.717, 1.165) is 41.4 Å². The number of hydrogen-bond donors (Lipinski definition) is 2. The molecule has 0 fully saturated rings. The lowest BCUT2D eigenvalue weighted by atomic mass is 9.84. The number of hydrogen-bond acceptors (Lipinski definition) is 5. The summed E-state index contributed by atoms with van der Waals surface area (Å²) in [6.07, 6.45) is 2.60. The summed E-state index contributed by atoms with van der Waals surface area (Å²) in [5.41, 5.74) is 3.05. The number of nitrogens with zero attached hydrogens (tertiary/aromatic N) is 1. The van der Waals surface area contributed by atoms with Gasteiger partial charge in [-0.15, -0.1) is 0 Å². The van der Waals surface area contributed by atoms with Gasteiger partial charge in [0.15, 0.2) is 6.61 Å². The molecule has 1 atom stereocenters. The number of fused-ring (bicyclic) bond motifs is 2. The molecule has 0 bridgehead atoms. The van der Waals surface area contributed by atoms with Crippen LogP contribution in [0.2, 0.25) is 0 Å². The Morgan fingerprint density at radius 1 is 1.24 bits per heavy atom. The zero-order valence-corrected chi connectivity index (χ0v) is 17.1. The van der Waals surface area contributed by atoms with Crippen molar-refractivity contribution in [2.24, 2.45) is 11.8 Å². The number of amides is 3. The third-order valence-corrected chi connectivity index (χ3v) is 4.97. The van der Waals surface area contributed by atoms with Crippen molar-refractivity contribution in [3.05, 3.63) is 41.1 Å². The Hall–Kier alpha value is -2.96. The molecule has 1 aromatic heterocycles. The zero-order valence-electron chi connectivity index (χ0n) is 17.1. The van der Waals surface area contributed by atoms with E-state index in [4.69, 9.17) is 9.72 Å². The van der Waals surface area contributed by atoms with Crippen molar-refractivity contribution in [1.29, 1.82) is 0 Å². The van der Waals surface area contributed by atoms with Gasteiger partial charge in [-0.25, -0.2) is 9.59 Å². The highest BCUT2D eigenvalue weighted by Crippen LogP contribution is 2.31. The average molecular weight is 397 g/mol. The van der Waals surface area contributed by atoms with E-state index in [1.54, 1.807) is 0 Å². The molecule has 154 valence electrons. The summed E-state index contributed by atoms with van der Waals surface area (Å²) >= 11 is 0. The number of urea groups is 1. The fourth-order valence-electron chi connectivity index (χ4n) is 3.50. The smallest absolute Gasteiger partial charge is 0.339 e. The summed E-state index contributed by atoms with van der Waals surface area (Å²) in [6, 6.07) is 6.85. The zero-order chi connectivity index (χ0) is 21.0. The van der Waals surface area contributed by atoms with Gasteiger partial charge in [0.05, 0.1) is 11.1 Å². The Balaban J connectivity index is 1.74. The quantitative estimate of drug-likeness (QED) is 0.756.